The first kappa shape index (κ1) is 16.9. The molecule has 2 N–H and O–H groups in total. The maximum absolute atomic E-state index is 12.2. The van der Waals surface area contributed by atoms with Crippen LogP contribution in [0.5, 0.6) is 0 Å². The number of nitrogens with one attached hydrogen (secondary N) is 2. The first-order chi connectivity index (χ1) is 9.03. The molecule has 0 amide bonds. The highest BCUT2D eigenvalue weighted by atomic mass is 35.5. The van der Waals surface area contributed by atoms with Crippen molar-refractivity contribution in [3.63, 3.8) is 0 Å². The van der Waals surface area contributed by atoms with Crippen LogP contribution < -0.4 is 10.0 Å². The number of nitriles is 1. The Morgan fingerprint density at radius 1 is 1.50 bits per heavy atom. The summed E-state index contributed by atoms with van der Waals surface area (Å²) in [4.78, 5) is 0.185. The molecule has 20 heavy (non-hydrogen) atoms. The minimum atomic E-state index is -3.55. The van der Waals surface area contributed by atoms with Gasteiger partial charge >= 0.3 is 0 Å². The molecular weight excluding hydrogens is 298 g/mol. The summed E-state index contributed by atoms with van der Waals surface area (Å²) >= 11 is 0. The van der Waals surface area contributed by atoms with Crippen LogP contribution >= 0.6 is 12.4 Å². The number of nitrogens with zero attached hydrogens (tertiary/aromatic N) is 1. The van der Waals surface area contributed by atoms with Gasteiger partial charge in [0.05, 0.1) is 16.5 Å². The van der Waals surface area contributed by atoms with Crippen LogP contribution in [0.2, 0.25) is 0 Å². The van der Waals surface area contributed by atoms with Crippen LogP contribution in [0.1, 0.15) is 24.0 Å². The summed E-state index contributed by atoms with van der Waals surface area (Å²) in [6.07, 6.45) is 2.06. The van der Waals surface area contributed by atoms with Crippen molar-refractivity contribution in [3.8, 4) is 6.07 Å². The minimum absolute atomic E-state index is 0. The average Bonchev–Trinajstić information content (AvgIpc) is 2.90. The fraction of sp³-hybridized carbons (Fsp3) is 0.462. The number of hydrogen-bond acceptors (Lipinski definition) is 4. The second-order valence-corrected chi connectivity index (χ2v) is 6.47. The Morgan fingerprint density at radius 3 is 2.85 bits per heavy atom. The molecule has 0 aliphatic carbocycles. The Balaban J connectivity index is 0.00000200. The predicted molar refractivity (Wildman–Crippen MR) is 79.4 cm³/mol. The van der Waals surface area contributed by atoms with Gasteiger partial charge in [0.1, 0.15) is 0 Å². The molecule has 1 aromatic carbocycles. The van der Waals surface area contributed by atoms with Crippen molar-refractivity contribution in [2.24, 2.45) is 0 Å². The Kier molecular flexibility index (Phi) is 5.96. The van der Waals surface area contributed by atoms with Crippen LogP contribution in [0.25, 0.3) is 0 Å². The monoisotopic (exact) mass is 315 g/mol. The zero-order valence-corrected chi connectivity index (χ0v) is 12.9. The van der Waals surface area contributed by atoms with Crippen molar-refractivity contribution in [1.29, 1.82) is 5.26 Å². The van der Waals surface area contributed by atoms with Crippen molar-refractivity contribution >= 4 is 22.4 Å². The van der Waals surface area contributed by atoms with Gasteiger partial charge in [-0.2, -0.15) is 5.26 Å². The average molecular weight is 316 g/mol. The Labute approximate surface area is 125 Å². The number of benzene rings is 1. The van der Waals surface area contributed by atoms with Gasteiger partial charge in [-0.25, -0.2) is 13.1 Å². The molecule has 0 saturated carbocycles. The molecule has 1 heterocycles. The Hall–Kier alpha value is -1.13. The third-order valence-electron chi connectivity index (χ3n) is 3.29. The summed E-state index contributed by atoms with van der Waals surface area (Å²) in [6.45, 7) is 3.05. The number of hydrogen-bond donors (Lipinski definition) is 2. The molecule has 1 atom stereocenters. The third kappa shape index (κ3) is 3.93. The van der Waals surface area contributed by atoms with E-state index in [0.29, 0.717) is 17.7 Å². The standard InChI is InChI=1S/C13H17N3O2S.ClH/c1-10-4-5-11(8-14)7-13(10)19(17,18)16-9-12-3-2-6-15-12;/h4-5,7,12,15-16H,2-3,6,9H2,1H3;1H. The van der Waals surface area contributed by atoms with E-state index < -0.39 is 10.0 Å². The predicted octanol–water partition coefficient (Wildman–Crippen LogP) is 1.32. The van der Waals surface area contributed by atoms with Gasteiger partial charge in [0.25, 0.3) is 0 Å². The lowest BCUT2D eigenvalue weighted by molar-refractivity contribution is 0.551. The van der Waals surface area contributed by atoms with E-state index in [-0.39, 0.29) is 23.3 Å². The van der Waals surface area contributed by atoms with Gasteiger partial charge in [0.2, 0.25) is 10.0 Å². The second kappa shape index (κ2) is 7.04. The SMILES string of the molecule is Cc1ccc(C#N)cc1S(=O)(=O)NCC1CCCN1.Cl. The zero-order chi connectivity index (χ0) is 13.9. The molecule has 5 nitrogen and oxygen atoms in total. The summed E-state index contributed by atoms with van der Waals surface area (Å²) in [5.41, 5.74) is 0.996. The van der Waals surface area contributed by atoms with E-state index in [9.17, 15) is 8.42 Å². The minimum Gasteiger partial charge on any atom is -0.313 e. The van der Waals surface area contributed by atoms with Crippen LogP contribution in [-0.2, 0) is 10.0 Å². The normalized spacial score (nSPS) is 18.3. The molecule has 0 aromatic heterocycles. The van der Waals surface area contributed by atoms with Gasteiger partial charge in [0.15, 0.2) is 0 Å². The first-order valence-electron chi connectivity index (χ1n) is 6.27. The van der Waals surface area contributed by atoms with E-state index >= 15 is 0 Å². The lowest BCUT2D eigenvalue weighted by atomic mass is 10.2. The molecule has 1 saturated heterocycles. The highest BCUT2D eigenvalue weighted by molar-refractivity contribution is 7.89. The molecule has 1 unspecified atom stereocenters. The van der Waals surface area contributed by atoms with Crippen LogP contribution in [0, 0.1) is 18.3 Å². The van der Waals surface area contributed by atoms with Crippen molar-refractivity contribution in [1.82, 2.24) is 10.0 Å². The quantitative estimate of drug-likeness (QED) is 0.878. The molecule has 0 radical (unpaired) electrons. The van der Waals surface area contributed by atoms with E-state index in [1.54, 1.807) is 19.1 Å². The molecule has 1 aliphatic rings. The number of rotatable bonds is 4. The lowest BCUT2D eigenvalue weighted by Crippen LogP contribution is -2.37. The second-order valence-electron chi connectivity index (χ2n) is 4.74. The molecule has 110 valence electrons. The summed E-state index contributed by atoms with van der Waals surface area (Å²) < 4.78 is 27.1. The largest absolute Gasteiger partial charge is 0.313 e. The Morgan fingerprint density at radius 2 is 2.25 bits per heavy atom. The highest BCUT2D eigenvalue weighted by Gasteiger charge is 2.20. The molecule has 1 aromatic rings. The smallest absolute Gasteiger partial charge is 0.240 e. The topological polar surface area (TPSA) is 82.0 Å². The van der Waals surface area contributed by atoms with E-state index in [0.717, 1.165) is 19.4 Å². The molecule has 1 fully saturated rings. The first-order valence-corrected chi connectivity index (χ1v) is 7.75. The van der Waals surface area contributed by atoms with Crippen molar-refractivity contribution < 1.29 is 8.42 Å². The van der Waals surface area contributed by atoms with Crippen LogP contribution in [-0.4, -0.2) is 27.5 Å². The molecule has 7 heteroatoms. The molecule has 0 spiro atoms. The summed E-state index contributed by atoms with van der Waals surface area (Å²) in [5, 5.41) is 12.1. The van der Waals surface area contributed by atoms with Crippen molar-refractivity contribution in [2.75, 3.05) is 13.1 Å². The molecular formula is C13H18ClN3O2S. The molecule has 1 aliphatic heterocycles. The number of halogens is 1. The highest BCUT2D eigenvalue weighted by Crippen LogP contribution is 2.17. The maximum Gasteiger partial charge on any atom is 0.240 e. The summed E-state index contributed by atoms with van der Waals surface area (Å²) in [6, 6.07) is 6.85. The van der Waals surface area contributed by atoms with Gasteiger partial charge in [-0.05, 0) is 44.0 Å². The van der Waals surface area contributed by atoms with Crippen LogP contribution in [0.3, 0.4) is 0 Å². The fourth-order valence-corrected chi connectivity index (χ4v) is 3.53. The van der Waals surface area contributed by atoms with Crippen molar-refractivity contribution in [2.45, 2.75) is 30.7 Å². The van der Waals surface area contributed by atoms with E-state index in [1.165, 1.54) is 6.07 Å². The Bertz CT molecular complexity index is 605. The third-order valence-corrected chi connectivity index (χ3v) is 4.85. The van der Waals surface area contributed by atoms with E-state index in [2.05, 4.69) is 10.0 Å². The van der Waals surface area contributed by atoms with Crippen LogP contribution in [0.15, 0.2) is 23.1 Å². The lowest BCUT2D eigenvalue weighted by Gasteiger charge is -2.13. The summed E-state index contributed by atoms with van der Waals surface area (Å²) in [7, 11) is -3.55. The van der Waals surface area contributed by atoms with E-state index in [4.69, 9.17) is 5.26 Å². The fourth-order valence-electron chi connectivity index (χ4n) is 2.18. The van der Waals surface area contributed by atoms with E-state index in [1.807, 2.05) is 6.07 Å². The maximum atomic E-state index is 12.2. The van der Waals surface area contributed by atoms with Crippen LogP contribution in [0.4, 0.5) is 0 Å². The zero-order valence-electron chi connectivity index (χ0n) is 11.2. The number of aryl methyl sites for hydroxylation is 1. The van der Waals surface area contributed by atoms with Gasteiger partial charge in [-0.1, -0.05) is 6.07 Å². The molecule has 0 bridgehead atoms. The van der Waals surface area contributed by atoms with Gasteiger partial charge in [0, 0.05) is 12.6 Å². The van der Waals surface area contributed by atoms with Gasteiger partial charge in [-0.15, -0.1) is 12.4 Å². The molecule has 2 rings (SSSR count). The number of sulfonamides is 1. The van der Waals surface area contributed by atoms with Gasteiger partial charge < -0.3 is 5.32 Å². The summed E-state index contributed by atoms with van der Waals surface area (Å²) in [5.74, 6) is 0. The van der Waals surface area contributed by atoms with Gasteiger partial charge in [-0.3, -0.25) is 0 Å². The van der Waals surface area contributed by atoms with Crippen molar-refractivity contribution in [3.05, 3.63) is 29.3 Å².